The standard InChI is InChI=1S/C11H20N4O4S2/c1-11(2,7-14(3)4)6-13-21(18,19)9-5-8(15(16)17)10(12)20-9/h5,13H,6-7,12H2,1-4H3. The molecule has 0 unspecified atom stereocenters. The molecule has 0 fully saturated rings. The van der Waals surface area contributed by atoms with Crippen LogP contribution in [-0.4, -0.2) is 45.4 Å². The molecule has 1 rings (SSSR count). The van der Waals surface area contributed by atoms with Crippen molar-refractivity contribution in [1.29, 1.82) is 0 Å². The highest BCUT2D eigenvalue weighted by atomic mass is 32.2. The SMILES string of the molecule is CN(C)CC(C)(C)CNS(=O)(=O)c1cc([N+](=O)[O-])c(N)s1. The second-order valence-corrected chi connectivity index (χ2v) is 8.88. The molecule has 1 heterocycles. The summed E-state index contributed by atoms with van der Waals surface area (Å²) in [6.07, 6.45) is 0. The van der Waals surface area contributed by atoms with Crippen LogP contribution in [0.5, 0.6) is 0 Å². The molecular formula is C11H20N4O4S2. The minimum absolute atomic E-state index is 0.118. The predicted octanol–water partition coefficient (Wildman–Crippen LogP) is 1.10. The number of thiophene rings is 1. The summed E-state index contributed by atoms with van der Waals surface area (Å²) in [4.78, 5) is 12.0. The van der Waals surface area contributed by atoms with Crippen LogP contribution in [0.2, 0.25) is 0 Å². The summed E-state index contributed by atoms with van der Waals surface area (Å²) in [5, 5.41) is 10.6. The van der Waals surface area contributed by atoms with Crippen molar-refractivity contribution in [3.05, 3.63) is 16.2 Å². The molecule has 0 aliphatic rings. The first-order chi connectivity index (χ1) is 9.44. The van der Waals surface area contributed by atoms with Gasteiger partial charge in [-0.25, -0.2) is 13.1 Å². The minimum atomic E-state index is -3.80. The van der Waals surface area contributed by atoms with Gasteiger partial charge in [-0.15, -0.1) is 0 Å². The number of rotatable bonds is 7. The number of nitrogens with one attached hydrogen (secondary N) is 1. The van der Waals surface area contributed by atoms with E-state index in [1.165, 1.54) is 0 Å². The Balaban J connectivity index is 2.88. The van der Waals surface area contributed by atoms with Gasteiger partial charge in [0.05, 0.1) is 4.92 Å². The van der Waals surface area contributed by atoms with Crippen LogP contribution in [0.15, 0.2) is 10.3 Å². The summed E-state index contributed by atoms with van der Waals surface area (Å²) in [5.41, 5.74) is 4.81. The molecule has 21 heavy (non-hydrogen) atoms. The molecule has 8 nitrogen and oxygen atoms in total. The molecule has 0 aliphatic carbocycles. The minimum Gasteiger partial charge on any atom is -0.385 e. The summed E-state index contributed by atoms with van der Waals surface area (Å²) in [6.45, 7) is 4.78. The van der Waals surface area contributed by atoms with Gasteiger partial charge in [0.2, 0.25) is 10.0 Å². The Kier molecular flexibility index (Phi) is 5.31. The number of sulfonamides is 1. The molecule has 1 aromatic heterocycles. The van der Waals surface area contributed by atoms with Crippen molar-refractivity contribution in [2.75, 3.05) is 32.9 Å². The lowest BCUT2D eigenvalue weighted by molar-refractivity contribution is -0.383. The molecule has 120 valence electrons. The molecule has 3 N–H and O–H groups in total. The van der Waals surface area contributed by atoms with Gasteiger partial charge < -0.3 is 10.6 Å². The van der Waals surface area contributed by atoms with Crippen molar-refractivity contribution >= 4 is 32.0 Å². The molecule has 10 heteroatoms. The summed E-state index contributed by atoms with van der Waals surface area (Å²) in [7, 11) is 0.00583. The third-order valence-corrected chi connectivity index (χ3v) is 5.49. The maximum Gasteiger partial charge on any atom is 0.304 e. The molecular weight excluding hydrogens is 316 g/mol. The summed E-state index contributed by atoms with van der Waals surface area (Å²) in [6, 6.07) is 0.987. The van der Waals surface area contributed by atoms with Gasteiger partial charge in [-0.2, -0.15) is 0 Å². The number of hydrogen-bond acceptors (Lipinski definition) is 7. The first-order valence-electron chi connectivity index (χ1n) is 6.13. The average molecular weight is 336 g/mol. The van der Waals surface area contributed by atoms with E-state index < -0.39 is 14.9 Å². The lowest BCUT2D eigenvalue weighted by atomic mass is 9.93. The van der Waals surface area contributed by atoms with Gasteiger partial charge in [0.25, 0.3) is 0 Å². The number of nitrogens with two attached hydrogens (primary N) is 1. The smallest absolute Gasteiger partial charge is 0.304 e. The first kappa shape index (κ1) is 17.8. The third kappa shape index (κ3) is 4.92. The molecule has 0 saturated heterocycles. The van der Waals surface area contributed by atoms with E-state index in [-0.39, 0.29) is 26.9 Å². The van der Waals surface area contributed by atoms with Crippen LogP contribution in [0.4, 0.5) is 10.7 Å². The molecule has 0 aromatic carbocycles. The van der Waals surface area contributed by atoms with E-state index in [0.717, 1.165) is 6.07 Å². The monoisotopic (exact) mass is 336 g/mol. The topological polar surface area (TPSA) is 119 Å². The molecule has 0 spiro atoms. The Hall–Kier alpha value is -1.23. The fourth-order valence-electron chi connectivity index (χ4n) is 1.92. The van der Waals surface area contributed by atoms with Crippen molar-refractivity contribution < 1.29 is 13.3 Å². The number of nitrogens with zero attached hydrogens (tertiary/aromatic N) is 2. The molecule has 0 aliphatic heterocycles. The van der Waals surface area contributed by atoms with Crippen molar-refractivity contribution in [3.8, 4) is 0 Å². The van der Waals surface area contributed by atoms with Gasteiger partial charge in [0.1, 0.15) is 4.21 Å². The average Bonchev–Trinajstić information content (AvgIpc) is 2.68. The van der Waals surface area contributed by atoms with E-state index in [2.05, 4.69) is 4.72 Å². The number of nitrogen functional groups attached to an aromatic ring is 1. The molecule has 0 saturated carbocycles. The quantitative estimate of drug-likeness (QED) is 0.568. The van der Waals surface area contributed by atoms with Gasteiger partial charge in [0.15, 0.2) is 5.00 Å². The molecule has 1 aromatic rings. The van der Waals surface area contributed by atoms with Gasteiger partial charge in [0, 0.05) is 19.2 Å². The molecule has 0 radical (unpaired) electrons. The van der Waals surface area contributed by atoms with Crippen LogP contribution in [0.3, 0.4) is 0 Å². The number of anilines is 1. The highest BCUT2D eigenvalue weighted by molar-refractivity contribution is 7.91. The fourth-order valence-corrected chi connectivity index (χ4v) is 4.42. The summed E-state index contributed by atoms with van der Waals surface area (Å²) >= 11 is 0.689. The van der Waals surface area contributed by atoms with E-state index in [9.17, 15) is 18.5 Å². The normalized spacial score (nSPS) is 12.8. The zero-order chi connectivity index (χ0) is 16.4. The number of nitro groups is 1. The Labute approximate surface area is 128 Å². The van der Waals surface area contributed by atoms with Crippen molar-refractivity contribution in [2.45, 2.75) is 18.1 Å². The fraction of sp³-hybridized carbons (Fsp3) is 0.636. The predicted molar refractivity (Wildman–Crippen MR) is 82.9 cm³/mol. The van der Waals surface area contributed by atoms with Crippen LogP contribution in [-0.2, 0) is 10.0 Å². The van der Waals surface area contributed by atoms with Crippen molar-refractivity contribution in [2.24, 2.45) is 5.41 Å². The lowest BCUT2D eigenvalue weighted by Crippen LogP contribution is -2.39. The van der Waals surface area contributed by atoms with Crippen molar-refractivity contribution in [1.82, 2.24) is 9.62 Å². The second-order valence-electron chi connectivity index (χ2n) is 5.80. The Morgan fingerprint density at radius 3 is 2.48 bits per heavy atom. The van der Waals surface area contributed by atoms with Crippen LogP contribution in [0, 0.1) is 15.5 Å². The largest absolute Gasteiger partial charge is 0.385 e. The zero-order valence-corrected chi connectivity index (χ0v) is 14.0. The Morgan fingerprint density at radius 1 is 1.48 bits per heavy atom. The second kappa shape index (κ2) is 6.26. The maximum absolute atomic E-state index is 12.2. The Bertz CT molecular complexity index is 622. The van der Waals surface area contributed by atoms with Crippen LogP contribution >= 0.6 is 11.3 Å². The lowest BCUT2D eigenvalue weighted by Gasteiger charge is -2.28. The zero-order valence-electron chi connectivity index (χ0n) is 12.4. The molecule has 0 amide bonds. The Morgan fingerprint density at radius 2 is 2.05 bits per heavy atom. The van der Waals surface area contributed by atoms with E-state index in [1.807, 2.05) is 32.8 Å². The van der Waals surface area contributed by atoms with E-state index in [4.69, 9.17) is 5.73 Å². The molecule has 0 bridgehead atoms. The van der Waals surface area contributed by atoms with E-state index in [0.29, 0.717) is 17.9 Å². The number of hydrogen-bond donors (Lipinski definition) is 2. The van der Waals surface area contributed by atoms with Gasteiger partial charge in [-0.1, -0.05) is 25.2 Å². The van der Waals surface area contributed by atoms with Crippen LogP contribution in [0.25, 0.3) is 0 Å². The maximum atomic E-state index is 12.2. The molecule has 0 atom stereocenters. The van der Waals surface area contributed by atoms with Crippen LogP contribution in [0.1, 0.15) is 13.8 Å². The van der Waals surface area contributed by atoms with E-state index in [1.54, 1.807) is 0 Å². The highest BCUT2D eigenvalue weighted by Crippen LogP contribution is 2.34. The summed E-state index contributed by atoms with van der Waals surface area (Å²) in [5.74, 6) is 0. The summed E-state index contributed by atoms with van der Waals surface area (Å²) < 4.78 is 26.7. The third-order valence-electron chi connectivity index (χ3n) is 2.66. The van der Waals surface area contributed by atoms with Crippen LogP contribution < -0.4 is 10.5 Å². The van der Waals surface area contributed by atoms with E-state index >= 15 is 0 Å². The van der Waals surface area contributed by atoms with Gasteiger partial charge >= 0.3 is 5.69 Å². The van der Waals surface area contributed by atoms with Gasteiger partial charge in [-0.05, 0) is 19.5 Å². The van der Waals surface area contributed by atoms with Gasteiger partial charge in [-0.3, -0.25) is 10.1 Å². The van der Waals surface area contributed by atoms with Crippen molar-refractivity contribution in [3.63, 3.8) is 0 Å². The first-order valence-corrected chi connectivity index (χ1v) is 8.43. The highest BCUT2D eigenvalue weighted by Gasteiger charge is 2.27.